The van der Waals surface area contributed by atoms with Crippen LogP contribution in [-0.4, -0.2) is 29.3 Å². The van der Waals surface area contributed by atoms with Gasteiger partial charge in [0.25, 0.3) is 5.91 Å². The van der Waals surface area contributed by atoms with Crippen molar-refractivity contribution in [1.82, 2.24) is 10.2 Å². The predicted octanol–water partition coefficient (Wildman–Crippen LogP) is 3.77. The zero-order chi connectivity index (χ0) is 21.3. The van der Waals surface area contributed by atoms with Gasteiger partial charge in [-0.3, -0.25) is 14.5 Å². The highest BCUT2D eigenvalue weighted by Crippen LogP contribution is 2.31. The predicted molar refractivity (Wildman–Crippen MR) is 111 cm³/mol. The van der Waals surface area contributed by atoms with E-state index < -0.39 is 23.3 Å². The zero-order valence-electron chi connectivity index (χ0n) is 16.3. The number of carbonyl (C=O) groups excluding carboxylic acids is 3. The smallest absolute Gasteiger partial charge is 0.325 e. The van der Waals surface area contributed by atoms with Crippen LogP contribution in [0.3, 0.4) is 0 Å². The number of carbonyl (C=O) groups is 3. The molecule has 1 aliphatic rings. The van der Waals surface area contributed by atoms with Crippen LogP contribution in [0.5, 0.6) is 0 Å². The van der Waals surface area contributed by atoms with Crippen molar-refractivity contribution in [3.05, 3.63) is 78.1 Å². The topological polar surface area (TPSA) is 78.5 Å². The minimum atomic E-state index is -1.20. The fourth-order valence-electron chi connectivity index (χ4n) is 3.57. The van der Waals surface area contributed by atoms with Gasteiger partial charge in [-0.25, -0.2) is 9.18 Å². The number of anilines is 1. The Balaban J connectivity index is 1.46. The maximum Gasteiger partial charge on any atom is 0.325 e. The molecule has 1 atom stereocenters. The number of urea groups is 1. The molecule has 152 valence electrons. The van der Waals surface area contributed by atoms with Crippen LogP contribution >= 0.6 is 0 Å². The molecule has 1 unspecified atom stereocenters. The van der Waals surface area contributed by atoms with E-state index in [0.717, 1.165) is 15.7 Å². The minimum Gasteiger partial charge on any atom is -0.326 e. The number of benzene rings is 3. The summed E-state index contributed by atoms with van der Waals surface area (Å²) in [7, 11) is 0. The number of nitrogens with one attached hydrogen (secondary N) is 2. The Morgan fingerprint density at radius 3 is 2.47 bits per heavy atom. The summed E-state index contributed by atoms with van der Waals surface area (Å²) in [6.45, 7) is 1.61. The van der Waals surface area contributed by atoms with Gasteiger partial charge in [0, 0.05) is 18.7 Å². The van der Waals surface area contributed by atoms with Crippen molar-refractivity contribution in [2.75, 3.05) is 11.9 Å². The second-order valence-corrected chi connectivity index (χ2v) is 7.38. The fraction of sp³-hybridized carbons (Fsp3) is 0.174. The Labute approximate surface area is 172 Å². The number of fused-ring (bicyclic) bond motifs is 1. The summed E-state index contributed by atoms with van der Waals surface area (Å²) in [5, 5.41) is 7.38. The number of rotatable bonds is 5. The lowest BCUT2D eigenvalue weighted by Gasteiger charge is -2.22. The van der Waals surface area contributed by atoms with E-state index in [9.17, 15) is 18.8 Å². The first-order valence-corrected chi connectivity index (χ1v) is 9.56. The maximum absolute atomic E-state index is 13.1. The summed E-state index contributed by atoms with van der Waals surface area (Å²) in [6, 6.07) is 18.2. The van der Waals surface area contributed by atoms with Crippen molar-refractivity contribution in [3.8, 4) is 0 Å². The number of hydrogen-bond donors (Lipinski definition) is 2. The first kappa shape index (κ1) is 19.6. The number of amides is 4. The molecule has 1 fully saturated rings. The molecule has 0 saturated carbocycles. The van der Waals surface area contributed by atoms with Gasteiger partial charge in [0.1, 0.15) is 11.4 Å². The molecule has 0 aromatic heterocycles. The molecule has 4 amide bonds. The third kappa shape index (κ3) is 3.61. The third-order valence-corrected chi connectivity index (χ3v) is 5.29. The molecule has 0 spiro atoms. The number of imide groups is 1. The Bertz CT molecular complexity index is 1150. The average molecular weight is 405 g/mol. The molecule has 1 aliphatic heterocycles. The van der Waals surface area contributed by atoms with Crippen molar-refractivity contribution in [3.63, 3.8) is 0 Å². The Hall–Kier alpha value is -3.74. The molecular formula is C23H20FN3O3. The van der Waals surface area contributed by atoms with Gasteiger partial charge in [0.05, 0.1) is 0 Å². The molecular weight excluding hydrogens is 385 g/mol. The lowest BCUT2D eigenvalue weighted by atomic mass is 9.90. The molecule has 2 N–H and O–H groups in total. The molecule has 1 heterocycles. The summed E-state index contributed by atoms with van der Waals surface area (Å²) < 4.78 is 13.0. The van der Waals surface area contributed by atoms with Crippen LogP contribution in [0.25, 0.3) is 10.8 Å². The molecule has 0 aliphatic carbocycles. The van der Waals surface area contributed by atoms with Crippen molar-refractivity contribution in [1.29, 1.82) is 0 Å². The highest BCUT2D eigenvalue weighted by molar-refractivity contribution is 6.08. The van der Waals surface area contributed by atoms with E-state index in [4.69, 9.17) is 0 Å². The number of hydrogen-bond acceptors (Lipinski definition) is 3. The summed E-state index contributed by atoms with van der Waals surface area (Å²) in [4.78, 5) is 38.7. The molecule has 0 bridgehead atoms. The molecule has 7 heteroatoms. The Morgan fingerprint density at radius 2 is 1.73 bits per heavy atom. The van der Waals surface area contributed by atoms with Gasteiger partial charge in [0.15, 0.2) is 0 Å². The van der Waals surface area contributed by atoms with Crippen LogP contribution in [0.2, 0.25) is 0 Å². The normalized spacial score (nSPS) is 18.5. The van der Waals surface area contributed by atoms with E-state index >= 15 is 0 Å². The Morgan fingerprint density at radius 1 is 1.03 bits per heavy atom. The van der Waals surface area contributed by atoms with Crippen molar-refractivity contribution in [2.45, 2.75) is 18.9 Å². The number of halogens is 1. The van der Waals surface area contributed by atoms with E-state index in [0.29, 0.717) is 11.3 Å². The van der Waals surface area contributed by atoms with E-state index in [1.54, 1.807) is 6.92 Å². The quantitative estimate of drug-likeness (QED) is 0.634. The maximum atomic E-state index is 13.1. The second kappa shape index (κ2) is 7.59. The largest absolute Gasteiger partial charge is 0.326 e. The summed E-state index contributed by atoms with van der Waals surface area (Å²) >= 11 is 0. The van der Waals surface area contributed by atoms with Gasteiger partial charge in [-0.15, -0.1) is 0 Å². The van der Waals surface area contributed by atoms with Gasteiger partial charge < -0.3 is 10.6 Å². The standard InChI is InChI=1S/C23H20FN3O3/c1-23(17-7-6-15-4-2-3-5-16(15)14-17)21(29)27(22(30)26-23)13-12-20(28)25-19-10-8-18(24)9-11-19/h2-11,14H,12-13H2,1H3,(H,25,28)(H,26,30). The Kier molecular flexibility index (Phi) is 4.95. The van der Waals surface area contributed by atoms with Crippen LogP contribution in [0.4, 0.5) is 14.9 Å². The summed E-state index contributed by atoms with van der Waals surface area (Å²) in [6.07, 6.45) is -0.0651. The molecule has 30 heavy (non-hydrogen) atoms. The summed E-state index contributed by atoms with van der Waals surface area (Å²) in [5.41, 5.74) is -0.0772. The van der Waals surface area contributed by atoms with Crippen LogP contribution in [0, 0.1) is 5.82 Å². The van der Waals surface area contributed by atoms with Crippen molar-refractivity contribution >= 4 is 34.3 Å². The zero-order valence-corrected chi connectivity index (χ0v) is 16.3. The average Bonchev–Trinajstić information content (AvgIpc) is 2.97. The molecule has 3 aromatic carbocycles. The molecule has 1 saturated heterocycles. The minimum absolute atomic E-state index is 0.0547. The molecule has 6 nitrogen and oxygen atoms in total. The molecule has 4 rings (SSSR count). The van der Waals surface area contributed by atoms with Crippen molar-refractivity contribution in [2.24, 2.45) is 0 Å². The van der Waals surface area contributed by atoms with Crippen LogP contribution in [0.15, 0.2) is 66.7 Å². The first-order chi connectivity index (χ1) is 14.4. The van der Waals surface area contributed by atoms with E-state index in [1.165, 1.54) is 24.3 Å². The molecule has 0 radical (unpaired) electrons. The third-order valence-electron chi connectivity index (χ3n) is 5.29. The van der Waals surface area contributed by atoms with E-state index in [1.807, 2.05) is 42.5 Å². The van der Waals surface area contributed by atoms with Crippen LogP contribution in [0.1, 0.15) is 18.9 Å². The van der Waals surface area contributed by atoms with Crippen LogP contribution < -0.4 is 10.6 Å². The lowest BCUT2D eigenvalue weighted by molar-refractivity contribution is -0.131. The van der Waals surface area contributed by atoms with E-state index in [-0.39, 0.29) is 18.9 Å². The number of nitrogens with zero attached hydrogens (tertiary/aromatic N) is 1. The highest BCUT2D eigenvalue weighted by atomic mass is 19.1. The highest BCUT2D eigenvalue weighted by Gasteiger charge is 2.48. The van der Waals surface area contributed by atoms with Gasteiger partial charge in [-0.1, -0.05) is 36.4 Å². The van der Waals surface area contributed by atoms with Gasteiger partial charge >= 0.3 is 6.03 Å². The SMILES string of the molecule is CC1(c2ccc3ccccc3c2)NC(=O)N(CCC(=O)Nc2ccc(F)cc2)C1=O. The van der Waals surface area contributed by atoms with Crippen LogP contribution in [-0.2, 0) is 15.1 Å². The van der Waals surface area contributed by atoms with Gasteiger partial charge in [0.2, 0.25) is 5.91 Å². The second-order valence-electron chi connectivity index (χ2n) is 7.38. The first-order valence-electron chi connectivity index (χ1n) is 9.56. The fourth-order valence-corrected chi connectivity index (χ4v) is 3.57. The van der Waals surface area contributed by atoms with E-state index in [2.05, 4.69) is 10.6 Å². The summed E-state index contributed by atoms with van der Waals surface area (Å²) in [5.74, 6) is -1.18. The van der Waals surface area contributed by atoms with Crippen molar-refractivity contribution < 1.29 is 18.8 Å². The lowest BCUT2D eigenvalue weighted by Crippen LogP contribution is -2.41. The van der Waals surface area contributed by atoms with Gasteiger partial charge in [-0.05, 0) is 53.6 Å². The molecule has 3 aromatic rings. The monoisotopic (exact) mass is 405 g/mol. The van der Waals surface area contributed by atoms with Gasteiger partial charge in [-0.2, -0.15) is 0 Å².